The molecule has 0 radical (unpaired) electrons. The van der Waals surface area contributed by atoms with Gasteiger partial charge in [-0.25, -0.2) is 13.8 Å². The van der Waals surface area contributed by atoms with Gasteiger partial charge in [-0.05, 0) is 68.4 Å². The maximum Gasteiger partial charge on any atom is 0.312 e. The van der Waals surface area contributed by atoms with Gasteiger partial charge in [-0.15, -0.1) is 0 Å². The molecule has 0 saturated heterocycles. The van der Waals surface area contributed by atoms with Crippen molar-refractivity contribution in [2.75, 3.05) is 6.61 Å². The van der Waals surface area contributed by atoms with Crippen LogP contribution in [0.2, 0.25) is 0 Å². The average Bonchev–Trinajstić information content (AvgIpc) is 3.30. The van der Waals surface area contributed by atoms with E-state index in [0.29, 0.717) is 22.8 Å². The van der Waals surface area contributed by atoms with Crippen LogP contribution in [0.3, 0.4) is 0 Å². The number of rotatable bonds is 7. The topological polar surface area (TPSA) is 88.1 Å². The number of nitrogens with one attached hydrogen (secondary N) is 1. The molecule has 0 aliphatic rings. The summed E-state index contributed by atoms with van der Waals surface area (Å²) in [5.41, 5.74) is 1.76. The summed E-state index contributed by atoms with van der Waals surface area (Å²) in [5, 5.41) is 9.17. The van der Waals surface area contributed by atoms with Crippen molar-refractivity contribution in [2.45, 2.75) is 13.8 Å². The Labute approximate surface area is 188 Å². The highest BCUT2D eigenvalue weighted by atomic mass is 19.1. The number of aliphatic carboxylic acids is 1. The summed E-state index contributed by atoms with van der Waals surface area (Å²) in [5.74, 6) is -0.947. The smallest absolute Gasteiger partial charge is 0.312 e. The molecule has 0 atom stereocenters. The van der Waals surface area contributed by atoms with Crippen LogP contribution in [0.15, 0.2) is 67.0 Å². The number of nitrogens with zero attached hydrogens (tertiary/aromatic N) is 2. The van der Waals surface area contributed by atoms with E-state index in [2.05, 4.69) is 15.0 Å². The lowest BCUT2D eigenvalue weighted by molar-refractivity contribution is -0.148. The summed E-state index contributed by atoms with van der Waals surface area (Å²) in [7, 11) is 0. The zero-order valence-corrected chi connectivity index (χ0v) is 18.0. The van der Waals surface area contributed by atoms with Gasteiger partial charge in [0.25, 0.3) is 0 Å². The van der Waals surface area contributed by atoms with Crippen molar-refractivity contribution in [3.05, 3.63) is 78.6 Å². The second kappa shape index (κ2) is 8.82. The van der Waals surface area contributed by atoms with Crippen molar-refractivity contribution in [3.63, 3.8) is 0 Å². The fourth-order valence-corrected chi connectivity index (χ4v) is 3.06. The van der Waals surface area contributed by atoms with Crippen LogP contribution >= 0.6 is 0 Å². The summed E-state index contributed by atoms with van der Waals surface area (Å²) < 4.78 is 33.1. The molecule has 4 aromatic rings. The van der Waals surface area contributed by atoms with E-state index < -0.39 is 23.0 Å². The van der Waals surface area contributed by atoms with Crippen LogP contribution in [0.25, 0.3) is 33.9 Å². The predicted octanol–water partition coefficient (Wildman–Crippen LogP) is 5.57. The molecule has 0 aliphatic heterocycles. The molecule has 4 rings (SSSR count). The largest absolute Gasteiger partial charge is 0.492 e. The molecule has 8 heteroatoms. The van der Waals surface area contributed by atoms with Crippen molar-refractivity contribution in [2.24, 2.45) is 5.41 Å². The van der Waals surface area contributed by atoms with Crippen molar-refractivity contribution in [1.82, 2.24) is 15.0 Å². The van der Waals surface area contributed by atoms with Gasteiger partial charge in [-0.3, -0.25) is 9.78 Å². The van der Waals surface area contributed by atoms with Crippen LogP contribution in [0.1, 0.15) is 13.8 Å². The maximum atomic E-state index is 14.0. The molecule has 0 fully saturated rings. The van der Waals surface area contributed by atoms with Crippen molar-refractivity contribution < 1.29 is 23.4 Å². The Balaban J connectivity index is 1.47. The summed E-state index contributed by atoms with van der Waals surface area (Å²) in [6.07, 6.45) is 3.09. The fraction of sp³-hybridized carbons (Fsp3) is 0.160. The standard InChI is InChI=1S/C25H21F2N3O3/c1-25(2,24(31)32)14-33-18-7-3-15(4-8-18)21-10-5-16(12-28-21)23-29-13-22(30-23)19-11-17(26)6-9-20(19)27/h3-13H,14H2,1-2H3,(H,29,30)(H,31,32). The molecule has 2 heterocycles. The van der Waals surface area contributed by atoms with Gasteiger partial charge in [0.05, 0.1) is 23.0 Å². The number of carbonyl (C=O) groups is 1. The number of aromatic nitrogens is 3. The molecule has 168 valence electrons. The highest BCUT2D eigenvalue weighted by Gasteiger charge is 2.28. The molecule has 0 unspecified atom stereocenters. The van der Waals surface area contributed by atoms with Gasteiger partial charge in [0.2, 0.25) is 0 Å². The maximum absolute atomic E-state index is 14.0. The number of carboxylic acids is 1. The minimum atomic E-state index is -0.984. The van der Waals surface area contributed by atoms with Crippen molar-refractivity contribution in [3.8, 4) is 39.7 Å². The van der Waals surface area contributed by atoms with Crippen LogP contribution in [-0.2, 0) is 4.79 Å². The van der Waals surface area contributed by atoms with E-state index in [0.717, 1.165) is 29.5 Å². The monoisotopic (exact) mass is 449 g/mol. The first-order valence-electron chi connectivity index (χ1n) is 10.2. The lowest BCUT2D eigenvalue weighted by Crippen LogP contribution is -2.30. The molecule has 2 N–H and O–H groups in total. The van der Waals surface area contributed by atoms with E-state index in [1.165, 1.54) is 6.20 Å². The summed E-state index contributed by atoms with van der Waals surface area (Å²) in [6, 6.07) is 14.1. The zero-order valence-electron chi connectivity index (χ0n) is 18.0. The number of pyridine rings is 1. The minimum Gasteiger partial charge on any atom is -0.492 e. The third kappa shape index (κ3) is 4.90. The Morgan fingerprint density at radius 1 is 1.00 bits per heavy atom. The minimum absolute atomic E-state index is 0.0548. The normalized spacial score (nSPS) is 11.4. The van der Waals surface area contributed by atoms with E-state index in [4.69, 9.17) is 4.74 Å². The van der Waals surface area contributed by atoms with Gasteiger partial charge in [0.15, 0.2) is 0 Å². The highest BCUT2D eigenvalue weighted by molar-refractivity contribution is 5.73. The number of aromatic amines is 1. The fourth-order valence-electron chi connectivity index (χ4n) is 3.06. The molecular weight excluding hydrogens is 428 g/mol. The first kappa shape index (κ1) is 22.1. The second-order valence-electron chi connectivity index (χ2n) is 8.20. The van der Waals surface area contributed by atoms with Gasteiger partial charge in [0, 0.05) is 22.9 Å². The highest BCUT2D eigenvalue weighted by Crippen LogP contribution is 2.27. The Hall–Kier alpha value is -4.07. The zero-order chi connectivity index (χ0) is 23.6. The number of halogens is 2. The number of carboxylic acid groups (broad SMARTS) is 1. The molecule has 2 aromatic carbocycles. The van der Waals surface area contributed by atoms with Gasteiger partial charge >= 0.3 is 5.97 Å². The Kier molecular flexibility index (Phi) is 5.91. The molecule has 0 amide bonds. The molecule has 0 spiro atoms. The van der Waals surface area contributed by atoms with E-state index in [1.807, 2.05) is 24.3 Å². The van der Waals surface area contributed by atoms with Crippen LogP contribution < -0.4 is 4.74 Å². The molecule has 2 aromatic heterocycles. The summed E-state index contributed by atoms with van der Waals surface area (Å²) >= 11 is 0. The number of ether oxygens (including phenoxy) is 1. The second-order valence-corrected chi connectivity index (χ2v) is 8.20. The SMILES string of the molecule is CC(C)(COc1ccc(-c2ccc(-c3ncc(-c4cc(F)ccc4F)[nH]3)cn2)cc1)C(=O)O. The van der Waals surface area contributed by atoms with Gasteiger partial charge in [-0.2, -0.15) is 0 Å². The quantitative estimate of drug-likeness (QED) is 0.385. The van der Waals surface area contributed by atoms with Crippen LogP contribution in [0.5, 0.6) is 5.75 Å². The summed E-state index contributed by atoms with van der Waals surface area (Å²) in [4.78, 5) is 22.9. The lowest BCUT2D eigenvalue weighted by Gasteiger charge is -2.19. The third-order valence-corrected chi connectivity index (χ3v) is 5.16. The molecule has 0 bridgehead atoms. The number of hydrogen-bond acceptors (Lipinski definition) is 4. The van der Waals surface area contributed by atoms with Gasteiger partial charge in [-0.1, -0.05) is 0 Å². The van der Waals surface area contributed by atoms with Crippen molar-refractivity contribution in [1.29, 1.82) is 0 Å². The number of H-pyrrole nitrogens is 1. The van der Waals surface area contributed by atoms with Crippen LogP contribution in [0, 0.1) is 17.0 Å². The molecule has 6 nitrogen and oxygen atoms in total. The van der Waals surface area contributed by atoms with E-state index in [1.54, 1.807) is 32.2 Å². The number of benzene rings is 2. The molecular formula is C25H21F2N3O3. The molecule has 33 heavy (non-hydrogen) atoms. The summed E-state index contributed by atoms with van der Waals surface area (Å²) in [6.45, 7) is 3.26. The predicted molar refractivity (Wildman–Crippen MR) is 120 cm³/mol. The molecule has 0 saturated carbocycles. The number of imidazole rings is 1. The Morgan fingerprint density at radius 2 is 1.73 bits per heavy atom. The first-order chi connectivity index (χ1) is 15.7. The first-order valence-corrected chi connectivity index (χ1v) is 10.2. The van der Waals surface area contributed by atoms with E-state index in [-0.39, 0.29) is 12.2 Å². The van der Waals surface area contributed by atoms with Crippen LogP contribution in [0.4, 0.5) is 8.78 Å². The van der Waals surface area contributed by atoms with E-state index >= 15 is 0 Å². The molecule has 0 aliphatic carbocycles. The Morgan fingerprint density at radius 3 is 2.39 bits per heavy atom. The lowest BCUT2D eigenvalue weighted by atomic mass is 9.95. The van der Waals surface area contributed by atoms with Crippen molar-refractivity contribution >= 4 is 5.97 Å². The van der Waals surface area contributed by atoms with Gasteiger partial charge in [0.1, 0.15) is 29.8 Å². The van der Waals surface area contributed by atoms with Gasteiger partial charge < -0.3 is 14.8 Å². The van der Waals surface area contributed by atoms with Crippen LogP contribution in [-0.4, -0.2) is 32.6 Å². The third-order valence-electron chi connectivity index (χ3n) is 5.16. The average molecular weight is 449 g/mol. The number of hydrogen-bond donors (Lipinski definition) is 2. The Bertz CT molecular complexity index is 1280. The van der Waals surface area contributed by atoms with E-state index in [9.17, 15) is 18.7 Å².